The summed E-state index contributed by atoms with van der Waals surface area (Å²) in [4.78, 5) is 34.0. The number of imidazole rings is 1. The second-order valence-electron chi connectivity index (χ2n) is 7.04. The number of aromatic nitrogens is 2. The van der Waals surface area contributed by atoms with E-state index in [9.17, 15) is 9.59 Å². The average Bonchev–Trinajstić information content (AvgIpc) is 3.14. The van der Waals surface area contributed by atoms with Gasteiger partial charge in [-0.2, -0.15) is 0 Å². The van der Waals surface area contributed by atoms with E-state index < -0.39 is 0 Å². The van der Waals surface area contributed by atoms with Gasteiger partial charge in [0.15, 0.2) is 5.69 Å². The summed E-state index contributed by atoms with van der Waals surface area (Å²) in [6, 6.07) is 12.9. The number of fused-ring (bicyclic) bond motifs is 1. The minimum Gasteiger partial charge on any atom is -0.378 e. The number of benzene rings is 1. The van der Waals surface area contributed by atoms with E-state index in [4.69, 9.17) is 4.74 Å². The predicted molar refractivity (Wildman–Crippen MR) is 111 cm³/mol. The van der Waals surface area contributed by atoms with Crippen molar-refractivity contribution in [2.45, 2.75) is 0 Å². The number of pyridine rings is 1. The van der Waals surface area contributed by atoms with E-state index in [1.54, 1.807) is 27.6 Å². The third kappa shape index (κ3) is 3.79. The van der Waals surface area contributed by atoms with E-state index in [2.05, 4.69) is 10.3 Å². The number of rotatable bonds is 4. The molecule has 0 atom stereocenters. The molecule has 0 saturated carbocycles. The molecule has 3 heterocycles. The average molecular weight is 393 g/mol. The van der Waals surface area contributed by atoms with Gasteiger partial charge in [-0.1, -0.05) is 6.07 Å². The summed E-state index contributed by atoms with van der Waals surface area (Å²) < 4.78 is 6.97. The molecule has 0 unspecified atom stereocenters. The Bertz CT molecular complexity index is 1040. The zero-order valence-corrected chi connectivity index (χ0v) is 16.5. The standard InChI is InChI=1S/C21H23N5O3/c1-24(2)16-8-6-15(7-9-16)22-20(27)19-23-18(17-5-3-4-10-26(17)19)21(28)25-11-13-29-14-12-25/h3-10H,11-14H2,1-2H3,(H,22,27). The van der Waals surface area contributed by atoms with E-state index in [0.29, 0.717) is 37.5 Å². The second-order valence-corrected chi connectivity index (χ2v) is 7.04. The number of ether oxygens (including phenoxy) is 1. The molecule has 1 N–H and O–H groups in total. The van der Waals surface area contributed by atoms with Crippen LogP contribution < -0.4 is 10.2 Å². The van der Waals surface area contributed by atoms with Crippen molar-refractivity contribution in [3.63, 3.8) is 0 Å². The molecule has 0 bridgehead atoms. The van der Waals surface area contributed by atoms with Crippen LogP contribution in [0, 0.1) is 0 Å². The van der Waals surface area contributed by atoms with Gasteiger partial charge < -0.3 is 19.9 Å². The lowest BCUT2D eigenvalue weighted by Gasteiger charge is -2.26. The molecule has 3 aromatic rings. The molecule has 0 spiro atoms. The van der Waals surface area contributed by atoms with Gasteiger partial charge in [0.1, 0.15) is 0 Å². The Morgan fingerprint density at radius 2 is 1.79 bits per heavy atom. The third-order valence-electron chi connectivity index (χ3n) is 4.89. The highest BCUT2D eigenvalue weighted by Crippen LogP contribution is 2.19. The van der Waals surface area contributed by atoms with E-state index >= 15 is 0 Å². The molecule has 1 aliphatic heterocycles. The Morgan fingerprint density at radius 1 is 1.07 bits per heavy atom. The Hall–Kier alpha value is -3.39. The number of carbonyl (C=O) groups excluding carboxylic acids is 2. The molecule has 1 saturated heterocycles. The van der Waals surface area contributed by atoms with Gasteiger partial charge in [0.25, 0.3) is 11.8 Å². The van der Waals surface area contributed by atoms with E-state index in [0.717, 1.165) is 5.69 Å². The lowest BCUT2D eigenvalue weighted by molar-refractivity contribution is 0.0300. The van der Waals surface area contributed by atoms with Crippen LogP contribution >= 0.6 is 0 Å². The zero-order valence-electron chi connectivity index (χ0n) is 16.5. The van der Waals surface area contributed by atoms with Gasteiger partial charge in [-0.3, -0.25) is 14.0 Å². The Kier molecular flexibility index (Phi) is 5.18. The van der Waals surface area contributed by atoms with Crippen LogP contribution in [0.1, 0.15) is 21.1 Å². The van der Waals surface area contributed by atoms with Gasteiger partial charge in [-0.15, -0.1) is 0 Å². The van der Waals surface area contributed by atoms with Crippen LogP contribution in [0.3, 0.4) is 0 Å². The first-order valence-electron chi connectivity index (χ1n) is 9.47. The number of morpholine rings is 1. The normalized spacial score (nSPS) is 14.1. The van der Waals surface area contributed by atoms with Gasteiger partial charge in [-0.05, 0) is 36.4 Å². The van der Waals surface area contributed by atoms with Crippen molar-refractivity contribution in [3.8, 4) is 0 Å². The van der Waals surface area contributed by atoms with Crippen LogP contribution in [0.5, 0.6) is 0 Å². The van der Waals surface area contributed by atoms with Crippen LogP contribution in [0.2, 0.25) is 0 Å². The second kappa shape index (κ2) is 7.92. The molecule has 2 aromatic heterocycles. The van der Waals surface area contributed by atoms with Crippen molar-refractivity contribution in [2.24, 2.45) is 0 Å². The molecule has 8 heteroatoms. The number of hydrogen-bond donors (Lipinski definition) is 1. The fraction of sp³-hybridized carbons (Fsp3) is 0.286. The maximum absolute atomic E-state index is 13.0. The number of carbonyl (C=O) groups is 2. The summed E-state index contributed by atoms with van der Waals surface area (Å²) in [5.41, 5.74) is 2.58. The third-order valence-corrected chi connectivity index (χ3v) is 4.89. The summed E-state index contributed by atoms with van der Waals surface area (Å²) in [6.45, 7) is 2.05. The van der Waals surface area contributed by atoms with Crippen LogP contribution in [-0.4, -0.2) is 66.5 Å². The highest BCUT2D eigenvalue weighted by Gasteiger charge is 2.26. The molecule has 4 rings (SSSR count). The van der Waals surface area contributed by atoms with Crippen molar-refractivity contribution in [3.05, 3.63) is 60.2 Å². The molecule has 1 aliphatic rings. The van der Waals surface area contributed by atoms with Crippen molar-refractivity contribution in [1.29, 1.82) is 0 Å². The zero-order chi connectivity index (χ0) is 20.4. The van der Waals surface area contributed by atoms with Gasteiger partial charge in [0, 0.05) is 44.8 Å². The van der Waals surface area contributed by atoms with Crippen molar-refractivity contribution >= 4 is 28.7 Å². The first-order chi connectivity index (χ1) is 14.0. The van der Waals surface area contributed by atoms with Crippen molar-refractivity contribution < 1.29 is 14.3 Å². The summed E-state index contributed by atoms with van der Waals surface area (Å²) in [5.74, 6) is -0.384. The number of nitrogens with zero attached hydrogens (tertiary/aromatic N) is 4. The molecule has 0 aliphatic carbocycles. The quantitative estimate of drug-likeness (QED) is 0.735. The molecular weight excluding hydrogens is 370 g/mol. The summed E-state index contributed by atoms with van der Waals surface area (Å²) >= 11 is 0. The predicted octanol–water partition coefficient (Wildman–Crippen LogP) is 2.12. The number of nitrogens with one attached hydrogen (secondary N) is 1. The fourth-order valence-electron chi connectivity index (χ4n) is 3.30. The summed E-state index contributed by atoms with van der Waals surface area (Å²) in [5, 5.41) is 2.86. The summed E-state index contributed by atoms with van der Waals surface area (Å²) in [7, 11) is 3.91. The van der Waals surface area contributed by atoms with E-state index in [1.165, 1.54) is 0 Å². The molecule has 2 amide bonds. The SMILES string of the molecule is CN(C)c1ccc(NC(=O)c2nc(C(=O)N3CCOCC3)c3ccccn23)cc1. The van der Waals surface area contributed by atoms with Gasteiger partial charge in [0.2, 0.25) is 5.82 Å². The summed E-state index contributed by atoms with van der Waals surface area (Å²) in [6.07, 6.45) is 1.74. The van der Waals surface area contributed by atoms with Crippen LogP contribution in [-0.2, 0) is 4.74 Å². The number of anilines is 2. The number of hydrogen-bond acceptors (Lipinski definition) is 5. The molecule has 150 valence electrons. The lowest BCUT2D eigenvalue weighted by Crippen LogP contribution is -2.40. The van der Waals surface area contributed by atoms with Gasteiger partial charge in [-0.25, -0.2) is 4.98 Å². The largest absolute Gasteiger partial charge is 0.378 e. The van der Waals surface area contributed by atoms with Crippen LogP contribution in [0.25, 0.3) is 5.52 Å². The number of amides is 2. The molecule has 1 fully saturated rings. The Morgan fingerprint density at radius 3 is 2.48 bits per heavy atom. The molecule has 29 heavy (non-hydrogen) atoms. The highest BCUT2D eigenvalue weighted by atomic mass is 16.5. The minimum absolute atomic E-state index is 0.175. The molecule has 0 radical (unpaired) electrons. The van der Waals surface area contributed by atoms with Crippen LogP contribution in [0.4, 0.5) is 11.4 Å². The minimum atomic E-state index is -0.371. The van der Waals surface area contributed by atoms with E-state index in [1.807, 2.05) is 49.3 Å². The Balaban J connectivity index is 1.63. The lowest BCUT2D eigenvalue weighted by atomic mass is 10.2. The fourth-order valence-corrected chi connectivity index (χ4v) is 3.30. The van der Waals surface area contributed by atoms with E-state index in [-0.39, 0.29) is 23.3 Å². The van der Waals surface area contributed by atoms with Crippen molar-refractivity contribution in [2.75, 3.05) is 50.6 Å². The van der Waals surface area contributed by atoms with Crippen molar-refractivity contribution in [1.82, 2.24) is 14.3 Å². The van der Waals surface area contributed by atoms with Gasteiger partial charge in [0.05, 0.1) is 18.7 Å². The first kappa shape index (κ1) is 18.9. The maximum Gasteiger partial charge on any atom is 0.292 e. The maximum atomic E-state index is 13.0. The Labute approximate surface area is 168 Å². The first-order valence-corrected chi connectivity index (χ1v) is 9.47. The smallest absolute Gasteiger partial charge is 0.292 e. The monoisotopic (exact) mass is 393 g/mol. The highest BCUT2D eigenvalue weighted by molar-refractivity contribution is 6.06. The van der Waals surface area contributed by atoms with Gasteiger partial charge >= 0.3 is 0 Å². The topological polar surface area (TPSA) is 79.2 Å². The van der Waals surface area contributed by atoms with Crippen LogP contribution in [0.15, 0.2) is 48.7 Å². The molecular formula is C21H23N5O3. The molecule has 8 nitrogen and oxygen atoms in total. The molecule has 1 aromatic carbocycles.